The number of fused-ring (bicyclic) bond motifs is 3. The molecular formula is C19H22O7. The Bertz CT molecular complexity index is 730. The molecule has 1 aliphatic heterocycles. The summed E-state index contributed by atoms with van der Waals surface area (Å²) in [5.74, 6) is -2.29. The predicted octanol–water partition coefficient (Wildman–Crippen LogP) is 1.57. The van der Waals surface area contributed by atoms with Crippen molar-refractivity contribution >= 4 is 24.0 Å². The van der Waals surface area contributed by atoms with Crippen LogP contribution in [-0.4, -0.2) is 36.9 Å². The van der Waals surface area contributed by atoms with Crippen LogP contribution >= 0.6 is 0 Å². The molecule has 0 saturated heterocycles. The number of hydrogen-bond donors (Lipinski definition) is 0. The number of aldehydes is 1. The average Bonchev–Trinajstić information content (AvgIpc) is 3.15. The van der Waals surface area contributed by atoms with E-state index in [9.17, 15) is 19.2 Å². The lowest BCUT2D eigenvalue weighted by Gasteiger charge is -2.38. The van der Waals surface area contributed by atoms with Crippen molar-refractivity contribution < 1.29 is 33.4 Å². The molecule has 3 rings (SSSR count). The maximum Gasteiger partial charge on any atom is 0.305 e. The van der Waals surface area contributed by atoms with E-state index in [1.807, 2.05) is 13.8 Å². The molecule has 0 radical (unpaired) electrons. The van der Waals surface area contributed by atoms with Crippen molar-refractivity contribution in [1.29, 1.82) is 0 Å². The Morgan fingerprint density at radius 2 is 1.92 bits per heavy atom. The minimum atomic E-state index is -1.00. The molecule has 1 saturated carbocycles. The molecular weight excluding hydrogens is 340 g/mol. The lowest BCUT2D eigenvalue weighted by molar-refractivity contribution is -0.181. The van der Waals surface area contributed by atoms with Crippen LogP contribution in [-0.2, 0) is 33.4 Å². The number of ether oxygens (including phenoxy) is 3. The minimum Gasteiger partial charge on any atom is -0.462 e. The van der Waals surface area contributed by atoms with Gasteiger partial charge in [-0.05, 0) is 17.4 Å². The first-order valence-corrected chi connectivity index (χ1v) is 8.54. The Labute approximate surface area is 151 Å². The molecule has 0 spiro atoms. The molecule has 7 nitrogen and oxygen atoms in total. The zero-order valence-corrected chi connectivity index (χ0v) is 15.2. The van der Waals surface area contributed by atoms with Crippen LogP contribution in [0.15, 0.2) is 23.5 Å². The van der Waals surface area contributed by atoms with Crippen molar-refractivity contribution in [3.63, 3.8) is 0 Å². The smallest absolute Gasteiger partial charge is 0.305 e. The largest absolute Gasteiger partial charge is 0.462 e. The molecule has 7 heteroatoms. The number of ketones is 1. The molecule has 2 aliphatic carbocycles. The van der Waals surface area contributed by atoms with E-state index >= 15 is 0 Å². The van der Waals surface area contributed by atoms with Gasteiger partial charge in [-0.25, -0.2) is 0 Å². The third-order valence-corrected chi connectivity index (χ3v) is 5.62. The lowest BCUT2D eigenvalue weighted by Crippen LogP contribution is -2.41. The fourth-order valence-electron chi connectivity index (χ4n) is 4.47. The maximum absolute atomic E-state index is 12.6. The van der Waals surface area contributed by atoms with Gasteiger partial charge in [0, 0.05) is 36.8 Å². The van der Waals surface area contributed by atoms with Crippen molar-refractivity contribution in [1.82, 2.24) is 0 Å². The standard InChI is InChI=1S/C19H22O7/c1-9(21)24-7-12-8-25-18(26-10(2)22)15-11(6-20)5-13(23)16-17(14(12)15)19(16,3)4/h5-6,8,14-18H,7H2,1-4H3/t14-,15-,16-,17+,18-/m0/s1. The number of carbonyl (C=O) groups excluding carboxylic acids is 4. The third kappa shape index (κ3) is 2.95. The van der Waals surface area contributed by atoms with Crippen LogP contribution in [0, 0.1) is 29.1 Å². The van der Waals surface area contributed by atoms with Gasteiger partial charge in [0.25, 0.3) is 6.29 Å². The summed E-state index contributed by atoms with van der Waals surface area (Å²) in [4.78, 5) is 47.0. The topological polar surface area (TPSA) is 96.0 Å². The zero-order chi connectivity index (χ0) is 19.2. The number of rotatable bonds is 4. The van der Waals surface area contributed by atoms with E-state index < -0.39 is 24.1 Å². The lowest BCUT2D eigenvalue weighted by atomic mass is 9.75. The molecule has 1 fully saturated rings. The SMILES string of the molecule is CC(=O)OCC1=CO[C@@H](OC(C)=O)[C@H]2C(C=O)=CC(=O)[C@H]3[C@@H]([C@@H]12)C3(C)C. The van der Waals surface area contributed by atoms with Crippen molar-refractivity contribution in [2.24, 2.45) is 29.1 Å². The van der Waals surface area contributed by atoms with Gasteiger partial charge in [-0.1, -0.05) is 13.8 Å². The van der Waals surface area contributed by atoms with Gasteiger partial charge in [-0.15, -0.1) is 0 Å². The highest BCUT2D eigenvalue weighted by molar-refractivity contribution is 6.00. The van der Waals surface area contributed by atoms with E-state index in [0.29, 0.717) is 11.9 Å². The third-order valence-electron chi connectivity index (χ3n) is 5.62. The van der Waals surface area contributed by atoms with Crippen LogP contribution in [0.5, 0.6) is 0 Å². The zero-order valence-electron chi connectivity index (χ0n) is 15.2. The van der Waals surface area contributed by atoms with Crippen molar-refractivity contribution in [3.05, 3.63) is 23.5 Å². The Morgan fingerprint density at radius 1 is 1.23 bits per heavy atom. The summed E-state index contributed by atoms with van der Waals surface area (Å²) in [7, 11) is 0. The van der Waals surface area contributed by atoms with E-state index in [0.717, 1.165) is 0 Å². The quantitative estimate of drug-likeness (QED) is 0.553. The highest BCUT2D eigenvalue weighted by atomic mass is 16.7. The van der Waals surface area contributed by atoms with Gasteiger partial charge in [0.1, 0.15) is 12.9 Å². The van der Waals surface area contributed by atoms with Crippen LogP contribution in [0.2, 0.25) is 0 Å². The molecule has 0 N–H and O–H groups in total. The molecule has 0 unspecified atom stereocenters. The summed E-state index contributed by atoms with van der Waals surface area (Å²) in [6, 6.07) is 0. The Kier molecular flexibility index (Phi) is 4.50. The first-order valence-electron chi connectivity index (χ1n) is 8.54. The van der Waals surface area contributed by atoms with Gasteiger partial charge >= 0.3 is 11.9 Å². The molecule has 0 amide bonds. The summed E-state index contributed by atoms with van der Waals surface area (Å²) in [6.07, 6.45) is 2.39. The fourth-order valence-corrected chi connectivity index (χ4v) is 4.47. The van der Waals surface area contributed by atoms with Crippen LogP contribution < -0.4 is 0 Å². The van der Waals surface area contributed by atoms with Crippen LogP contribution in [0.1, 0.15) is 27.7 Å². The Balaban J connectivity index is 2.05. The van der Waals surface area contributed by atoms with Crippen LogP contribution in [0.25, 0.3) is 0 Å². The number of allylic oxidation sites excluding steroid dienone is 1. The van der Waals surface area contributed by atoms with Crippen molar-refractivity contribution in [2.45, 2.75) is 34.0 Å². The second-order valence-electron chi connectivity index (χ2n) is 7.63. The van der Waals surface area contributed by atoms with Gasteiger partial charge < -0.3 is 14.2 Å². The van der Waals surface area contributed by atoms with Crippen molar-refractivity contribution in [3.8, 4) is 0 Å². The Morgan fingerprint density at radius 3 is 2.50 bits per heavy atom. The molecule has 1 heterocycles. The number of carbonyl (C=O) groups is 4. The summed E-state index contributed by atoms with van der Waals surface area (Å²) in [5.41, 5.74) is 0.650. The van der Waals surface area contributed by atoms with Crippen LogP contribution in [0.4, 0.5) is 0 Å². The van der Waals surface area contributed by atoms with Crippen LogP contribution in [0.3, 0.4) is 0 Å². The second-order valence-corrected chi connectivity index (χ2v) is 7.63. The monoisotopic (exact) mass is 362 g/mol. The summed E-state index contributed by atoms with van der Waals surface area (Å²) in [5, 5.41) is 0. The predicted molar refractivity (Wildman–Crippen MR) is 88.3 cm³/mol. The molecule has 3 aliphatic rings. The molecule has 26 heavy (non-hydrogen) atoms. The molecule has 0 aromatic heterocycles. The Hall–Kier alpha value is -2.44. The second kappa shape index (κ2) is 6.37. The van der Waals surface area contributed by atoms with Gasteiger partial charge in [-0.2, -0.15) is 0 Å². The maximum atomic E-state index is 12.6. The molecule has 0 aromatic carbocycles. The first kappa shape index (κ1) is 18.4. The van der Waals surface area contributed by atoms with Gasteiger partial charge in [0.05, 0.1) is 12.2 Å². The molecule has 0 bridgehead atoms. The van der Waals surface area contributed by atoms with E-state index in [1.165, 1.54) is 26.2 Å². The highest BCUT2D eigenvalue weighted by Crippen LogP contribution is 2.67. The number of hydrogen-bond acceptors (Lipinski definition) is 7. The average molecular weight is 362 g/mol. The van der Waals surface area contributed by atoms with E-state index in [-0.39, 0.29) is 41.1 Å². The van der Waals surface area contributed by atoms with E-state index in [2.05, 4.69) is 0 Å². The first-order chi connectivity index (χ1) is 12.2. The van der Waals surface area contributed by atoms with Gasteiger partial charge in [0.15, 0.2) is 5.78 Å². The molecule has 0 aromatic rings. The van der Waals surface area contributed by atoms with E-state index in [4.69, 9.17) is 14.2 Å². The van der Waals surface area contributed by atoms with Gasteiger partial charge in [0.2, 0.25) is 0 Å². The summed E-state index contributed by atoms with van der Waals surface area (Å²) < 4.78 is 16.0. The highest BCUT2D eigenvalue weighted by Gasteiger charge is 2.68. The summed E-state index contributed by atoms with van der Waals surface area (Å²) in [6.45, 7) is 6.56. The fraction of sp³-hybridized carbons (Fsp3) is 0.579. The van der Waals surface area contributed by atoms with Gasteiger partial charge in [-0.3, -0.25) is 19.2 Å². The molecule has 140 valence electrons. The number of esters is 2. The van der Waals surface area contributed by atoms with Crippen molar-refractivity contribution in [2.75, 3.05) is 6.61 Å². The normalized spacial score (nSPS) is 34.0. The van der Waals surface area contributed by atoms with E-state index in [1.54, 1.807) is 0 Å². The summed E-state index contributed by atoms with van der Waals surface area (Å²) >= 11 is 0. The molecule has 5 atom stereocenters. The minimum absolute atomic E-state index is 0.00290.